The number of nitrogens with zero attached hydrogens (tertiary/aromatic N) is 1. The lowest BCUT2D eigenvalue weighted by Crippen LogP contribution is -2.17. The highest BCUT2D eigenvalue weighted by Gasteiger charge is 2.05. The Labute approximate surface area is 131 Å². The van der Waals surface area contributed by atoms with Crippen LogP contribution >= 0.6 is 15.9 Å². The molecule has 21 heavy (non-hydrogen) atoms. The van der Waals surface area contributed by atoms with Crippen molar-refractivity contribution in [3.63, 3.8) is 0 Å². The van der Waals surface area contributed by atoms with E-state index in [1.54, 1.807) is 24.3 Å². The van der Waals surface area contributed by atoms with Crippen LogP contribution in [-0.2, 0) is 13.1 Å². The molecule has 0 spiro atoms. The van der Waals surface area contributed by atoms with Gasteiger partial charge < -0.3 is 4.74 Å². The minimum Gasteiger partial charge on any atom is -0.435 e. The maximum Gasteiger partial charge on any atom is 0.387 e. The molecule has 0 unspecified atom stereocenters. The van der Waals surface area contributed by atoms with Gasteiger partial charge in [0.15, 0.2) is 0 Å². The van der Waals surface area contributed by atoms with Crippen molar-refractivity contribution in [2.45, 2.75) is 19.7 Å². The van der Waals surface area contributed by atoms with Crippen LogP contribution in [0, 0.1) is 0 Å². The molecule has 2 nitrogen and oxygen atoms in total. The van der Waals surface area contributed by atoms with Crippen molar-refractivity contribution in [3.8, 4) is 5.75 Å². The number of hydrogen-bond acceptors (Lipinski definition) is 2. The van der Waals surface area contributed by atoms with Gasteiger partial charge in [0, 0.05) is 17.6 Å². The standard InChI is InChI=1S/C16H16BrF2NO/c1-20(10-12-2-6-14(17)7-3-12)11-13-4-8-15(9-5-13)21-16(18)19/h2-9,16H,10-11H2,1H3. The van der Waals surface area contributed by atoms with E-state index < -0.39 is 6.61 Å². The number of ether oxygens (including phenoxy) is 1. The summed E-state index contributed by atoms with van der Waals surface area (Å²) in [6.07, 6.45) is 0. The summed E-state index contributed by atoms with van der Waals surface area (Å²) in [6, 6.07) is 14.9. The first-order chi connectivity index (χ1) is 10.0. The molecule has 0 saturated carbocycles. The van der Waals surface area contributed by atoms with Crippen LogP contribution in [0.4, 0.5) is 8.78 Å². The minimum absolute atomic E-state index is 0.185. The third-order valence-electron chi connectivity index (χ3n) is 2.97. The van der Waals surface area contributed by atoms with Gasteiger partial charge in [-0.3, -0.25) is 4.90 Å². The smallest absolute Gasteiger partial charge is 0.387 e. The van der Waals surface area contributed by atoms with Gasteiger partial charge in [-0.1, -0.05) is 40.2 Å². The third-order valence-corrected chi connectivity index (χ3v) is 3.50. The van der Waals surface area contributed by atoms with E-state index in [4.69, 9.17) is 0 Å². The Bertz CT molecular complexity index is 557. The first-order valence-electron chi connectivity index (χ1n) is 6.49. The first-order valence-corrected chi connectivity index (χ1v) is 7.29. The summed E-state index contributed by atoms with van der Waals surface area (Å²) >= 11 is 3.41. The van der Waals surface area contributed by atoms with Crippen molar-refractivity contribution in [3.05, 3.63) is 64.1 Å². The Morgan fingerprint density at radius 3 is 1.90 bits per heavy atom. The molecule has 0 saturated heterocycles. The maximum atomic E-state index is 12.1. The number of halogens is 3. The zero-order valence-corrected chi connectivity index (χ0v) is 13.2. The summed E-state index contributed by atoms with van der Waals surface area (Å²) in [5, 5.41) is 0. The molecule has 0 atom stereocenters. The zero-order valence-electron chi connectivity index (χ0n) is 11.6. The average molecular weight is 356 g/mol. The van der Waals surface area contributed by atoms with Crippen LogP contribution < -0.4 is 4.74 Å². The monoisotopic (exact) mass is 355 g/mol. The van der Waals surface area contributed by atoms with Gasteiger partial charge in [0.1, 0.15) is 5.75 Å². The summed E-state index contributed by atoms with van der Waals surface area (Å²) in [7, 11) is 2.02. The lowest BCUT2D eigenvalue weighted by molar-refractivity contribution is -0.0498. The van der Waals surface area contributed by atoms with E-state index in [9.17, 15) is 8.78 Å². The van der Waals surface area contributed by atoms with E-state index in [2.05, 4.69) is 37.7 Å². The molecule has 0 aromatic heterocycles. The highest BCUT2D eigenvalue weighted by atomic mass is 79.9. The number of benzene rings is 2. The summed E-state index contributed by atoms with van der Waals surface area (Å²) in [5.74, 6) is 0.185. The molecular weight excluding hydrogens is 340 g/mol. The van der Waals surface area contributed by atoms with Gasteiger partial charge in [-0.25, -0.2) is 0 Å². The average Bonchev–Trinajstić information content (AvgIpc) is 2.43. The van der Waals surface area contributed by atoms with Crippen LogP contribution in [-0.4, -0.2) is 18.6 Å². The van der Waals surface area contributed by atoms with E-state index in [0.717, 1.165) is 23.1 Å². The van der Waals surface area contributed by atoms with Gasteiger partial charge in [0.25, 0.3) is 0 Å². The molecule has 0 fully saturated rings. The second kappa shape index (κ2) is 7.52. The minimum atomic E-state index is -2.78. The van der Waals surface area contributed by atoms with Gasteiger partial charge in [-0.2, -0.15) is 8.78 Å². The molecule has 2 aromatic carbocycles. The van der Waals surface area contributed by atoms with Gasteiger partial charge >= 0.3 is 6.61 Å². The van der Waals surface area contributed by atoms with E-state index in [1.165, 1.54) is 5.56 Å². The zero-order chi connectivity index (χ0) is 15.2. The van der Waals surface area contributed by atoms with Gasteiger partial charge in [-0.15, -0.1) is 0 Å². The molecule has 0 amide bonds. The molecule has 112 valence electrons. The number of alkyl halides is 2. The molecular formula is C16H16BrF2NO. The molecule has 0 aliphatic heterocycles. The number of hydrogen-bond donors (Lipinski definition) is 0. The molecule has 0 N–H and O–H groups in total. The number of rotatable bonds is 6. The summed E-state index contributed by atoms with van der Waals surface area (Å²) in [4.78, 5) is 2.16. The molecule has 0 heterocycles. The predicted octanol–water partition coefficient (Wildman–Crippen LogP) is 4.68. The Balaban J connectivity index is 1.90. The van der Waals surface area contributed by atoms with Crippen LogP contribution in [0.2, 0.25) is 0 Å². The molecule has 2 rings (SSSR count). The first kappa shape index (κ1) is 15.9. The Hall–Kier alpha value is -1.46. The van der Waals surface area contributed by atoms with Crippen LogP contribution in [0.3, 0.4) is 0 Å². The van der Waals surface area contributed by atoms with E-state index >= 15 is 0 Å². The van der Waals surface area contributed by atoms with Crippen molar-refractivity contribution in [2.75, 3.05) is 7.05 Å². The van der Waals surface area contributed by atoms with Crippen LogP contribution in [0.25, 0.3) is 0 Å². The van der Waals surface area contributed by atoms with Crippen molar-refractivity contribution in [1.82, 2.24) is 4.90 Å². The molecule has 0 bridgehead atoms. The quantitative estimate of drug-likeness (QED) is 0.745. The summed E-state index contributed by atoms with van der Waals surface area (Å²) in [6.45, 7) is -1.22. The van der Waals surface area contributed by atoms with Crippen LogP contribution in [0.5, 0.6) is 5.75 Å². The molecule has 0 aliphatic rings. The van der Waals surface area contributed by atoms with E-state index in [0.29, 0.717) is 0 Å². The topological polar surface area (TPSA) is 12.5 Å². The molecule has 0 radical (unpaired) electrons. The van der Waals surface area contributed by atoms with E-state index in [-0.39, 0.29) is 5.75 Å². The largest absolute Gasteiger partial charge is 0.435 e. The van der Waals surface area contributed by atoms with E-state index in [1.807, 2.05) is 19.2 Å². The van der Waals surface area contributed by atoms with Gasteiger partial charge in [0.2, 0.25) is 0 Å². The predicted molar refractivity (Wildman–Crippen MR) is 82.4 cm³/mol. The van der Waals surface area contributed by atoms with Crippen molar-refractivity contribution < 1.29 is 13.5 Å². The van der Waals surface area contributed by atoms with Crippen LogP contribution in [0.1, 0.15) is 11.1 Å². The fraction of sp³-hybridized carbons (Fsp3) is 0.250. The summed E-state index contributed by atoms with van der Waals surface area (Å²) < 4.78 is 29.5. The highest BCUT2D eigenvalue weighted by Crippen LogP contribution is 2.17. The normalized spacial score (nSPS) is 11.1. The summed E-state index contributed by atoms with van der Waals surface area (Å²) in [5.41, 5.74) is 2.27. The van der Waals surface area contributed by atoms with Crippen molar-refractivity contribution >= 4 is 15.9 Å². The Morgan fingerprint density at radius 2 is 1.43 bits per heavy atom. The second-order valence-electron chi connectivity index (χ2n) is 4.82. The van der Waals surface area contributed by atoms with Crippen LogP contribution in [0.15, 0.2) is 53.0 Å². The highest BCUT2D eigenvalue weighted by molar-refractivity contribution is 9.10. The fourth-order valence-electron chi connectivity index (χ4n) is 2.05. The van der Waals surface area contributed by atoms with Gasteiger partial charge in [0.05, 0.1) is 0 Å². The molecule has 5 heteroatoms. The Morgan fingerprint density at radius 1 is 0.952 bits per heavy atom. The lowest BCUT2D eigenvalue weighted by atomic mass is 10.2. The van der Waals surface area contributed by atoms with Crippen molar-refractivity contribution in [2.24, 2.45) is 0 Å². The SMILES string of the molecule is CN(Cc1ccc(Br)cc1)Cc1ccc(OC(F)F)cc1. The van der Waals surface area contributed by atoms with Gasteiger partial charge in [-0.05, 0) is 42.4 Å². The Kier molecular flexibility index (Phi) is 5.70. The maximum absolute atomic E-state index is 12.1. The lowest BCUT2D eigenvalue weighted by Gasteiger charge is -2.17. The van der Waals surface area contributed by atoms with Crippen molar-refractivity contribution in [1.29, 1.82) is 0 Å². The third kappa shape index (κ3) is 5.44. The fourth-order valence-corrected chi connectivity index (χ4v) is 2.31. The molecule has 0 aliphatic carbocycles. The molecule has 2 aromatic rings. The second-order valence-corrected chi connectivity index (χ2v) is 5.74.